The molecule has 1 heterocycles. The number of aryl methyl sites for hydroxylation is 2. The van der Waals surface area contributed by atoms with Gasteiger partial charge in [0.25, 0.3) is 0 Å². The molecule has 0 atom stereocenters. The maximum atomic E-state index is 12.7. The summed E-state index contributed by atoms with van der Waals surface area (Å²) in [5.74, 6) is -0.294. The van der Waals surface area contributed by atoms with Crippen LogP contribution < -0.4 is 5.32 Å². The van der Waals surface area contributed by atoms with E-state index in [1.807, 2.05) is 44.2 Å². The van der Waals surface area contributed by atoms with E-state index in [-0.39, 0.29) is 17.6 Å². The number of nitrogens with one attached hydrogen (secondary N) is 1. The van der Waals surface area contributed by atoms with Crippen LogP contribution in [0.4, 0.5) is 5.69 Å². The van der Waals surface area contributed by atoms with Gasteiger partial charge in [-0.05, 0) is 49.9 Å². The van der Waals surface area contributed by atoms with Crippen LogP contribution in [0.3, 0.4) is 0 Å². The summed E-state index contributed by atoms with van der Waals surface area (Å²) >= 11 is 6.01. The summed E-state index contributed by atoms with van der Waals surface area (Å²) < 4.78 is 27.0. The van der Waals surface area contributed by atoms with Gasteiger partial charge in [0, 0.05) is 29.7 Å². The van der Waals surface area contributed by atoms with E-state index < -0.39 is 10.0 Å². The number of nitrogens with zero attached hydrogens (tertiary/aromatic N) is 1. The van der Waals surface area contributed by atoms with Crippen molar-refractivity contribution < 1.29 is 13.2 Å². The first-order chi connectivity index (χ1) is 13.2. The molecule has 3 rings (SSSR count). The molecule has 1 aliphatic heterocycles. The summed E-state index contributed by atoms with van der Waals surface area (Å²) in [5.41, 5.74) is 3.47. The molecule has 0 aliphatic carbocycles. The van der Waals surface area contributed by atoms with Gasteiger partial charge in [0.1, 0.15) is 0 Å². The molecule has 7 heteroatoms. The standard InChI is InChI=1S/C21H25ClN2O3S/c1-15-4-3-5-17(12-15)14-28(26,27)24-10-8-18(9-11-24)21(25)23-20-13-19(22)7-6-16(20)2/h3-7,12-13,18H,8-11,14H2,1-2H3,(H,23,25). The average molecular weight is 421 g/mol. The highest BCUT2D eigenvalue weighted by atomic mass is 35.5. The third-order valence-electron chi connectivity index (χ3n) is 5.11. The van der Waals surface area contributed by atoms with Crippen LogP contribution in [-0.2, 0) is 20.6 Å². The number of benzene rings is 2. The Morgan fingerprint density at radius 3 is 2.54 bits per heavy atom. The third-order valence-corrected chi connectivity index (χ3v) is 7.19. The zero-order chi connectivity index (χ0) is 20.3. The van der Waals surface area contributed by atoms with Gasteiger partial charge in [-0.15, -0.1) is 0 Å². The van der Waals surface area contributed by atoms with Crippen LogP contribution in [0.25, 0.3) is 0 Å². The zero-order valence-electron chi connectivity index (χ0n) is 16.1. The number of halogens is 1. The number of amides is 1. The quantitative estimate of drug-likeness (QED) is 0.790. The topological polar surface area (TPSA) is 66.5 Å². The van der Waals surface area contributed by atoms with Crippen LogP contribution in [0.1, 0.15) is 29.5 Å². The molecule has 1 N–H and O–H groups in total. The molecular weight excluding hydrogens is 396 g/mol. The Labute approximate surface area is 171 Å². The van der Waals surface area contributed by atoms with Gasteiger partial charge in [0.05, 0.1) is 5.75 Å². The summed E-state index contributed by atoms with van der Waals surface area (Å²) in [6.07, 6.45) is 1.02. The molecule has 1 aliphatic rings. The van der Waals surface area contributed by atoms with Gasteiger partial charge >= 0.3 is 0 Å². The number of piperidine rings is 1. The first kappa shape index (κ1) is 20.8. The fraction of sp³-hybridized carbons (Fsp3) is 0.381. The Bertz CT molecular complexity index is 967. The van der Waals surface area contributed by atoms with Crippen molar-refractivity contribution in [3.05, 3.63) is 64.2 Å². The first-order valence-electron chi connectivity index (χ1n) is 9.35. The van der Waals surface area contributed by atoms with Crippen LogP contribution >= 0.6 is 11.6 Å². The van der Waals surface area contributed by atoms with Crippen LogP contribution in [0, 0.1) is 19.8 Å². The van der Waals surface area contributed by atoms with E-state index in [1.54, 1.807) is 12.1 Å². The monoisotopic (exact) mass is 420 g/mol. The minimum atomic E-state index is -3.39. The number of hydrogen-bond donors (Lipinski definition) is 1. The largest absolute Gasteiger partial charge is 0.326 e. The normalized spacial score (nSPS) is 16.1. The molecule has 5 nitrogen and oxygen atoms in total. The molecule has 0 radical (unpaired) electrons. The zero-order valence-corrected chi connectivity index (χ0v) is 17.7. The molecule has 0 spiro atoms. The third kappa shape index (κ3) is 5.13. The van der Waals surface area contributed by atoms with Gasteiger partial charge in [0.2, 0.25) is 15.9 Å². The van der Waals surface area contributed by atoms with Crippen molar-refractivity contribution in [2.24, 2.45) is 5.92 Å². The molecule has 28 heavy (non-hydrogen) atoms. The fourth-order valence-electron chi connectivity index (χ4n) is 3.46. The van der Waals surface area contributed by atoms with Crippen molar-refractivity contribution in [2.45, 2.75) is 32.4 Å². The Hall–Kier alpha value is -1.89. The van der Waals surface area contributed by atoms with E-state index in [0.717, 1.165) is 16.7 Å². The summed E-state index contributed by atoms with van der Waals surface area (Å²) in [6, 6.07) is 12.9. The predicted octanol–water partition coefficient (Wildman–Crippen LogP) is 4.14. The minimum absolute atomic E-state index is 0.00669. The molecule has 0 saturated carbocycles. The molecule has 0 bridgehead atoms. The summed E-state index contributed by atoms with van der Waals surface area (Å²) in [4.78, 5) is 12.6. The Morgan fingerprint density at radius 1 is 1.14 bits per heavy atom. The summed E-state index contributed by atoms with van der Waals surface area (Å²) in [7, 11) is -3.39. The van der Waals surface area contributed by atoms with E-state index in [4.69, 9.17) is 11.6 Å². The SMILES string of the molecule is Cc1cccc(CS(=O)(=O)N2CCC(C(=O)Nc3cc(Cl)ccc3C)CC2)c1. The van der Waals surface area contributed by atoms with Crippen molar-refractivity contribution in [2.75, 3.05) is 18.4 Å². The van der Waals surface area contributed by atoms with Crippen molar-refractivity contribution in [1.29, 1.82) is 0 Å². The summed E-state index contributed by atoms with van der Waals surface area (Å²) in [6.45, 7) is 4.58. The van der Waals surface area contributed by atoms with E-state index in [9.17, 15) is 13.2 Å². The molecule has 150 valence electrons. The van der Waals surface area contributed by atoms with E-state index in [0.29, 0.717) is 36.6 Å². The van der Waals surface area contributed by atoms with Gasteiger partial charge in [-0.25, -0.2) is 12.7 Å². The second-order valence-electron chi connectivity index (χ2n) is 7.37. The lowest BCUT2D eigenvalue weighted by molar-refractivity contribution is -0.120. The predicted molar refractivity (Wildman–Crippen MR) is 113 cm³/mol. The highest BCUT2D eigenvalue weighted by molar-refractivity contribution is 7.88. The molecule has 2 aromatic rings. The highest BCUT2D eigenvalue weighted by Crippen LogP contribution is 2.25. The van der Waals surface area contributed by atoms with Crippen LogP contribution in [0.15, 0.2) is 42.5 Å². The van der Waals surface area contributed by atoms with Gasteiger partial charge in [0.15, 0.2) is 0 Å². The van der Waals surface area contributed by atoms with Crippen LogP contribution in [-0.4, -0.2) is 31.7 Å². The van der Waals surface area contributed by atoms with Crippen molar-refractivity contribution >= 4 is 33.2 Å². The van der Waals surface area contributed by atoms with Gasteiger partial charge < -0.3 is 5.32 Å². The van der Waals surface area contributed by atoms with Crippen molar-refractivity contribution in [3.63, 3.8) is 0 Å². The maximum absolute atomic E-state index is 12.7. The molecule has 0 aromatic heterocycles. The molecular formula is C21H25ClN2O3S. The average Bonchev–Trinajstić information content (AvgIpc) is 2.64. The number of carbonyl (C=O) groups excluding carboxylic acids is 1. The first-order valence-corrected chi connectivity index (χ1v) is 11.3. The second-order valence-corrected chi connectivity index (χ2v) is 9.77. The van der Waals surface area contributed by atoms with Crippen LogP contribution in [0.5, 0.6) is 0 Å². The lowest BCUT2D eigenvalue weighted by Crippen LogP contribution is -2.41. The maximum Gasteiger partial charge on any atom is 0.227 e. The van der Waals surface area contributed by atoms with E-state index in [2.05, 4.69) is 5.32 Å². The van der Waals surface area contributed by atoms with Gasteiger partial charge in [-0.1, -0.05) is 47.5 Å². The number of sulfonamides is 1. The van der Waals surface area contributed by atoms with E-state index in [1.165, 1.54) is 4.31 Å². The number of anilines is 1. The molecule has 1 fully saturated rings. The van der Waals surface area contributed by atoms with Crippen molar-refractivity contribution in [3.8, 4) is 0 Å². The Kier molecular flexibility index (Phi) is 6.43. The number of rotatable bonds is 5. The molecule has 1 saturated heterocycles. The van der Waals surface area contributed by atoms with Gasteiger partial charge in [-0.3, -0.25) is 4.79 Å². The lowest BCUT2D eigenvalue weighted by atomic mass is 9.97. The number of carbonyl (C=O) groups is 1. The van der Waals surface area contributed by atoms with Gasteiger partial charge in [-0.2, -0.15) is 0 Å². The number of hydrogen-bond acceptors (Lipinski definition) is 3. The minimum Gasteiger partial charge on any atom is -0.326 e. The van der Waals surface area contributed by atoms with Crippen LogP contribution in [0.2, 0.25) is 5.02 Å². The Balaban J connectivity index is 1.59. The smallest absolute Gasteiger partial charge is 0.227 e. The van der Waals surface area contributed by atoms with Crippen molar-refractivity contribution in [1.82, 2.24) is 4.31 Å². The molecule has 2 aromatic carbocycles. The second kappa shape index (κ2) is 8.64. The lowest BCUT2D eigenvalue weighted by Gasteiger charge is -2.30. The fourth-order valence-corrected chi connectivity index (χ4v) is 5.19. The molecule has 0 unspecified atom stereocenters. The highest BCUT2D eigenvalue weighted by Gasteiger charge is 2.31. The summed E-state index contributed by atoms with van der Waals surface area (Å²) in [5, 5.41) is 3.50. The molecule has 1 amide bonds. The van der Waals surface area contributed by atoms with E-state index >= 15 is 0 Å². The Morgan fingerprint density at radius 2 is 1.86 bits per heavy atom.